The van der Waals surface area contributed by atoms with Gasteiger partial charge in [-0.2, -0.15) is 0 Å². The molecule has 0 unspecified atom stereocenters. The van der Waals surface area contributed by atoms with E-state index in [1.54, 1.807) is 31.2 Å². The highest BCUT2D eigenvalue weighted by molar-refractivity contribution is 7.91. The minimum atomic E-state index is -3.43. The number of anilines is 1. The van der Waals surface area contributed by atoms with Gasteiger partial charge in [-0.3, -0.25) is 4.79 Å². The lowest BCUT2D eigenvalue weighted by molar-refractivity contribution is -0.116. The molecule has 0 atom stereocenters. The summed E-state index contributed by atoms with van der Waals surface area (Å²) in [5.74, 6) is -0.959. The predicted octanol–water partition coefficient (Wildman–Crippen LogP) is 4.27. The fraction of sp³-hybridized carbons (Fsp3) is 0.238. The van der Waals surface area contributed by atoms with Crippen LogP contribution in [0.3, 0.4) is 0 Å². The van der Waals surface area contributed by atoms with E-state index in [-0.39, 0.29) is 36.0 Å². The highest BCUT2D eigenvalue weighted by atomic mass is 32.2. The first-order chi connectivity index (χ1) is 13.9. The van der Waals surface area contributed by atoms with Gasteiger partial charge in [0.25, 0.3) is 0 Å². The van der Waals surface area contributed by atoms with Crippen LogP contribution in [0.1, 0.15) is 30.1 Å². The molecule has 3 aromatic rings. The molecule has 1 N–H and O–H groups in total. The largest absolute Gasteiger partial charge is 0.462 e. The van der Waals surface area contributed by atoms with E-state index in [0.717, 1.165) is 10.1 Å². The lowest BCUT2D eigenvalue weighted by Gasteiger charge is -2.07. The van der Waals surface area contributed by atoms with Crippen LogP contribution in [0.4, 0.5) is 5.00 Å². The molecule has 0 aliphatic heterocycles. The highest BCUT2D eigenvalue weighted by Gasteiger charge is 2.22. The number of hydrogen-bond acceptors (Lipinski definition) is 6. The van der Waals surface area contributed by atoms with Crippen molar-refractivity contribution in [1.29, 1.82) is 0 Å². The third kappa shape index (κ3) is 5.02. The van der Waals surface area contributed by atoms with Gasteiger partial charge in [-0.25, -0.2) is 13.2 Å². The normalized spacial score (nSPS) is 11.3. The van der Waals surface area contributed by atoms with Crippen molar-refractivity contribution in [3.8, 4) is 0 Å². The minimum absolute atomic E-state index is 0.0303. The molecule has 3 rings (SSSR count). The average molecular weight is 432 g/mol. The van der Waals surface area contributed by atoms with Gasteiger partial charge in [0.05, 0.1) is 17.3 Å². The van der Waals surface area contributed by atoms with Crippen LogP contribution in [-0.2, 0) is 19.4 Å². The Labute approximate surface area is 173 Å². The van der Waals surface area contributed by atoms with E-state index in [0.29, 0.717) is 10.6 Å². The lowest BCUT2D eigenvalue weighted by atomic mass is 10.1. The number of benzene rings is 2. The highest BCUT2D eigenvalue weighted by Crippen LogP contribution is 2.36. The van der Waals surface area contributed by atoms with Gasteiger partial charge >= 0.3 is 5.97 Å². The fourth-order valence-corrected chi connectivity index (χ4v) is 5.34. The van der Waals surface area contributed by atoms with Gasteiger partial charge in [0.1, 0.15) is 10.6 Å². The van der Waals surface area contributed by atoms with E-state index in [9.17, 15) is 18.0 Å². The second-order valence-electron chi connectivity index (χ2n) is 6.31. The van der Waals surface area contributed by atoms with Crippen molar-refractivity contribution in [2.75, 3.05) is 17.7 Å². The molecule has 0 radical (unpaired) electrons. The van der Waals surface area contributed by atoms with Crippen molar-refractivity contribution in [2.45, 2.75) is 24.7 Å². The molecule has 0 fully saturated rings. The summed E-state index contributed by atoms with van der Waals surface area (Å²) in [5, 5.41) is 3.89. The van der Waals surface area contributed by atoms with Gasteiger partial charge in [-0.15, -0.1) is 11.3 Å². The molecule has 8 heteroatoms. The SMILES string of the molecule is CCOC(=O)c1c(NC(=O)CCCS(=O)(=O)c2ccccc2)sc2ccccc12. The van der Waals surface area contributed by atoms with Crippen LogP contribution in [0.15, 0.2) is 59.5 Å². The number of esters is 1. The van der Waals surface area contributed by atoms with Crippen molar-refractivity contribution >= 4 is 48.1 Å². The second kappa shape index (κ2) is 9.19. The van der Waals surface area contributed by atoms with Crippen molar-refractivity contribution < 1.29 is 22.7 Å². The molecular formula is C21H21NO5S2. The molecule has 0 saturated carbocycles. The molecule has 0 bridgehead atoms. The van der Waals surface area contributed by atoms with Crippen LogP contribution >= 0.6 is 11.3 Å². The molecule has 1 heterocycles. The van der Waals surface area contributed by atoms with Crippen LogP contribution < -0.4 is 5.32 Å². The van der Waals surface area contributed by atoms with Crippen molar-refractivity contribution in [3.63, 3.8) is 0 Å². The summed E-state index contributed by atoms with van der Waals surface area (Å²) in [5.41, 5.74) is 0.331. The van der Waals surface area contributed by atoms with Gasteiger partial charge in [0.15, 0.2) is 9.84 Å². The van der Waals surface area contributed by atoms with Crippen molar-refractivity contribution in [3.05, 3.63) is 60.2 Å². The Kier molecular flexibility index (Phi) is 6.66. The summed E-state index contributed by atoms with van der Waals surface area (Å²) in [7, 11) is -3.43. The molecule has 0 aliphatic carbocycles. The molecule has 1 amide bonds. The van der Waals surface area contributed by atoms with E-state index in [2.05, 4.69) is 5.32 Å². The Hall–Kier alpha value is -2.71. The fourth-order valence-electron chi connectivity index (χ4n) is 2.90. The number of rotatable bonds is 8. The topological polar surface area (TPSA) is 89.5 Å². The summed E-state index contributed by atoms with van der Waals surface area (Å²) < 4.78 is 30.6. The quantitative estimate of drug-likeness (QED) is 0.538. The monoisotopic (exact) mass is 431 g/mol. The van der Waals surface area contributed by atoms with Crippen LogP contribution in [0, 0.1) is 0 Å². The Balaban J connectivity index is 1.69. The number of thiophene rings is 1. The van der Waals surface area contributed by atoms with Gasteiger partial charge in [0.2, 0.25) is 5.91 Å². The first-order valence-corrected chi connectivity index (χ1v) is 11.7. The Morgan fingerprint density at radius 3 is 2.45 bits per heavy atom. The predicted molar refractivity (Wildman–Crippen MR) is 114 cm³/mol. The molecule has 0 spiro atoms. The van der Waals surface area contributed by atoms with E-state index in [4.69, 9.17) is 4.74 Å². The zero-order valence-corrected chi connectivity index (χ0v) is 17.5. The zero-order chi connectivity index (χ0) is 20.9. The first kappa shape index (κ1) is 21.0. The first-order valence-electron chi connectivity index (χ1n) is 9.18. The van der Waals surface area contributed by atoms with Gasteiger partial charge in [0, 0.05) is 16.5 Å². The third-order valence-corrected chi connectivity index (χ3v) is 7.15. The van der Waals surface area contributed by atoms with Crippen LogP contribution in [-0.4, -0.2) is 32.7 Å². The molecular weight excluding hydrogens is 410 g/mol. The van der Waals surface area contributed by atoms with Gasteiger partial charge in [-0.1, -0.05) is 36.4 Å². The van der Waals surface area contributed by atoms with Crippen LogP contribution in [0.5, 0.6) is 0 Å². The van der Waals surface area contributed by atoms with E-state index >= 15 is 0 Å². The van der Waals surface area contributed by atoms with Crippen LogP contribution in [0.2, 0.25) is 0 Å². The number of fused-ring (bicyclic) bond motifs is 1. The Morgan fingerprint density at radius 2 is 1.72 bits per heavy atom. The number of nitrogens with one attached hydrogen (secondary N) is 1. The maximum atomic E-state index is 12.4. The maximum absolute atomic E-state index is 12.4. The number of carbonyl (C=O) groups is 2. The summed E-state index contributed by atoms with van der Waals surface area (Å²) in [6, 6.07) is 15.5. The molecule has 2 aromatic carbocycles. The molecule has 1 aromatic heterocycles. The smallest absolute Gasteiger partial charge is 0.341 e. The van der Waals surface area contributed by atoms with Crippen LogP contribution in [0.25, 0.3) is 10.1 Å². The lowest BCUT2D eigenvalue weighted by Crippen LogP contribution is -2.16. The van der Waals surface area contributed by atoms with Crippen molar-refractivity contribution in [1.82, 2.24) is 0 Å². The summed E-state index contributed by atoms with van der Waals surface area (Å²) in [6.07, 6.45) is 0.214. The zero-order valence-electron chi connectivity index (χ0n) is 15.9. The van der Waals surface area contributed by atoms with Crippen molar-refractivity contribution in [2.24, 2.45) is 0 Å². The number of hydrogen-bond donors (Lipinski definition) is 1. The molecule has 0 saturated heterocycles. The minimum Gasteiger partial charge on any atom is -0.462 e. The summed E-state index contributed by atoms with van der Waals surface area (Å²) >= 11 is 1.29. The number of sulfone groups is 1. The summed E-state index contributed by atoms with van der Waals surface area (Å²) in [4.78, 5) is 25.0. The van der Waals surface area contributed by atoms with E-state index in [1.165, 1.54) is 23.5 Å². The van der Waals surface area contributed by atoms with Gasteiger partial charge in [-0.05, 0) is 31.5 Å². The van der Waals surface area contributed by atoms with E-state index in [1.807, 2.05) is 18.2 Å². The second-order valence-corrected chi connectivity index (χ2v) is 9.47. The summed E-state index contributed by atoms with van der Waals surface area (Å²) in [6.45, 7) is 1.95. The molecule has 6 nitrogen and oxygen atoms in total. The Morgan fingerprint density at radius 1 is 1.03 bits per heavy atom. The molecule has 0 aliphatic rings. The van der Waals surface area contributed by atoms with E-state index < -0.39 is 15.8 Å². The Bertz CT molecular complexity index is 1120. The average Bonchev–Trinajstić information content (AvgIpc) is 3.06. The number of amides is 1. The van der Waals surface area contributed by atoms with Gasteiger partial charge < -0.3 is 10.1 Å². The number of carbonyl (C=O) groups excluding carboxylic acids is 2. The number of ether oxygens (including phenoxy) is 1. The third-order valence-electron chi connectivity index (χ3n) is 4.25. The molecule has 29 heavy (non-hydrogen) atoms. The standard InChI is InChI=1S/C21H21NO5S2/c1-2-27-21(24)19-16-11-6-7-12-17(16)28-20(19)22-18(23)13-8-14-29(25,26)15-9-4-3-5-10-15/h3-7,9-12H,2,8,13-14H2,1H3,(H,22,23). The maximum Gasteiger partial charge on any atom is 0.341 e. The molecule has 152 valence electrons.